The zero-order valence-corrected chi connectivity index (χ0v) is 9.84. The van der Waals surface area contributed by atoms with Crippen LogP contribution in [0.25, 0.3) is 0 Å². The van der Waals surface area contributed by atoms with E-state index < -0.39 is 23.5 Å². The predicted octanol–water partition coefficient (Wildman–Crippen LogP) is 1.87. The summed E-state index contributed by atoms with van der Waals surface area (Å²) in [6.07, 6.45) is 1.24. The molecule has 0 saturated heterocycles. The van der Waals surface area contributed by atoms with E-state index in [1.165, 1.54) is 24.0 Å². The van der Waals surface area contributed by atoms with Gasteiger partial charge in [-0.25, -0.2) is 18.4 Å². The van der Waals surface area contributed by atoms with Crippen LogP contribution < -0.4 is 0 Å². The third-order valence-corrected chi connectivity index (χ3v) is 2.59. The van der Waals surface area contributed by atoms with Crippen molar-refractivity contribution < 1.29 is 13.6 Å². The van der Waals surface area contributed by atoms with E-state index in [-0.39, 0.29) is 11.4 Å². The van der Waals surface area contributed by atoms with Crippen LogP contribution in [0.1, 0.15) is 29.1 Å². The van der Waals surface area contributed by atoms with Crippen molar-refractivity contribution in [3.63, 3.8) is 0 Å². The van der Waals surface area contributed by atoms with Gasteiger partial charge in [0.2, 0.25) is 0 Å². The number of Topliss-reactive ketones (excluding diaryl/α,β-unsaturated/α-hetero) is 1. The molecule has 0 spiro atoms. The summed E-state index contributed by atoms with van der Waals surface area (Å²) >= 11 is 0. The lowest BCUT2D eigenvalue weighted by molar-refractivity contribution is 0.0927. The molecule has 0 saturated carbocycles. The van der Waals surface area contributed by atoms with E-state index in [0.29, 0.717) is 0 Å². The highest BCUT2D eigenvalue weighted by molar-refractivity contribution is 5.98. The molecule has 96 valence electrons. The molecule has 2 aromatic rings. The van der Waals surface area contributed by atoms with Gasteiger partial charge in [0.25, 0.3) is 5.82 Å². The Bertz CT molecular complexity index is 675. The van der Waals surface area contributed by atoms with E-state index in [4.69, 9.17) is 5.26 Å². The summed E-state index contributed by atoms with van der Waals surface area (Å²) in [5.74, 6) is -2.62. The highest BCUT2D eigenvalue weighted by Gasteiger charge is 2.19. The fourth-order valence-corrected chi connectivity index (χ4v) is 1.52. The number of nitriles is 1. The Morgan fingerprint density at radius 3 is 2.74 bits per heavy atom. The Morgan fingerprint density at radius 1 is 1.42 bits per heavy atom. The van der Waals surface area contributed by atoms with Gasteiger partial charge >= 0.3 is 0 Å². The van der Waals surface area contributed by atoms with Gasteiger partial charge < -0.3 is 0 Å². The molecule has 19 heavy (non-hydrogen) atoms. The first-order chi connectivity index (χ1) is 9.02. The maximum atomic E-state index is 13.1. The highest BCUT2D eigenvalue weighted by atomic mass is 19.2. The van der Waals surface area contributed by atoms with Crippen molar-refractivity contribution in [1.82, 2.24) is 14.8 Å². The molecule has 0 radical (unpaired) electrons. The largest absolute Gasteiger partial charge is 0.292 e. The smallest absolute Gasteiger partial charge is 0.252 e. The Hall–Kier alpha value is -2.62. The minimum Gasteiger partial charge on any atom is -0.292 e. The second-order valence-corrected chi connectivity index (χ2v) is 3.83. The van der Waals surface area contributed by atoms with Crippen LogP contribution in [0.5, 0.6) is 0 Å². The van der Waals surface area contributed by atoms with E-state index >= 15 is 0 Å². The second-order valence-electron chi connectivity index (χ2n) is 3.83. The Kier molecular flexibility index (Phi) is 3.33. The molecule has 0 N–H and O–H groups in total. The number of carbonyl (C=O) groups excluding carboxylic acids is 1. The molecular formula is C12H8F2N4O. The summed E-state index contributed by atoms with van der Waals surface area (Å²) in [4.78, 5) is 15.7. The van der Waals surface area contributed by atoms with E-state index in [2.05, 4.69) is 10.1 Å². The molecular weight excluding hydrogens is 254 g/mol. The average Bonchev–Trinajstić information content (AvgIpc) is 2.89. The Morgan fingerprint density at radius 2 is 2.16 bits per heavy atom. The van der Waals surface area contributed by atoms with Gasteiger partial charge in [-0.2, -0.15) is 5.26 Å². The van der Waals surface area contributed by atoms with Crippen molar-refractivity contribution in [1.29, 1.82) is 5.26 Å². The summed E-state index contributed by atoms with van der Waals surface area (Å²) in [6, 6.07) is 3.88. The predicted molar refractivity (Wildman–Crippen MR) is 60.1 cm³/mol. The number of nitrogens with zero attached hydrogens (tertiary/aromatic N) is 4. The quantitative estimate of drug-likeness (QED) is 0.791. The maximum absolute atomic E-state index is 13.1. The number of ketones is 1. The monoisotopic (exact) mass is 262 g/mol. The molecule has 1 aromatic heterocycles. The van der Waals surface area contributed by atoms with Gasteiger partial charge in [0, 0.05) is 5.56 Å². The lowest BCUT2D eigenvalue weighted by Crippen LogP contribution is -2.17. The first kappa shape index (κ1) is 12.8. The fourth-order valence-electron chi connectivity index (χ4n) is 1.52. The number of carbonyl (C=O) groups is 1. The van der Waals surface area contributed by atoms with Crippen LogP contribution in [0.4, 0.5) is 8.78 Å². The summed E-state index contributed by atoms with van der Waals surface area (Å²) < 4.78 is 27.0. The third kappa shape index (κ3) is 2.47. The van der Waals surface area contributed by atoms with Crippen LogP contribution in [0.2, 0.25) is 0 Å². The number of rotatable bonds is 3. The number of hydrogen-bond donors (Lipinski definition) is 0. The van der Waals surface area contributed by atoms with Gasteiger partial charge in [0.15, 0.2) is 17.4 Å². The molecule has 0 amide bonds. The minimum absolute atomic E-state index is 0.0282. The zero-order chi connectivity index (χ0) is 14.0. The van der Waals surface area contributed by atoms with Crippen LogP contribution in [0, 0.1) is 23.0 Å². The van der Waals surface area contributed by atoms with E-state index in [0.717, 1.165) is 12.1 Å². The maximum Gasteiger partial charge on any atom is 0.252 e. The van der Waals surface area contributed by atoms with Gasteiger partial charge in [-0.1, -0.05) is 0 Å². The Balaban J connectivity index is 2.28. The molecule has 7 heteroatoms. The van der Waals surface area contributed by atoms with Crippen molar-refractivity contribution in [2.75, 3.05) is 0 Å². The van der Waals surface area contributed by atoms with Gasteiger partial charge in [0.05, 0.1) is 0 Å². The van der Waals surface area contributed by atoms with Crippen LogP contribution in [-0.4, -0.2) is 20.5 Å². The first-order valence-corrected chi connectivity index (χ1v) is 5.33. The number of aromatic nitrogens is 3. The number of halogens is 2. The lowest BCUT2D eigenvalue weighted by atomic mass is 10.1. The van der Waals surface area contributed by atoms with Crippen LogP contribution in [0.15, 0.2) is 24.5 Å². The van der Waals surface area contributed by atoms with Crippen molar-refractivity contribution in [2.24, 2.45) is 0 Å². The SMILES string of the molecule is CC(C(=O)c1ccc(F)c(F)c1)n1cnc(C#N)n1. The molecule has 0 aliphatic heterocycles. The summed E-state index contributed by atoms with van der Waals surface area (Å²) in [7, 11) is 0. The molecule has 2 rings (SSSR count). The second kappa shape index (κ2) is 4.94. The van der Waals surface area contributed by atoms with Crippen molar-refractivity contribution in [2.45, 2.75) is 13.0 Å². The first-order valence-electron chi connectivity index (χ1n) is 5.33. The van der Waals surface area contributed by atoms with E-state index in [1.54, 1.807) is 6.07 Å². The van der Waals surface area contributed by atoms with Crippen LogP contribution >= 0.6 is 0 Å². The molecule has 0 aliphatic carbocycles. The van der Waals surface area contributed by atoms with Gasteiger partial charge in [-0.3, -0.25) is 4.79 Å². The fraction of sp³-hybridized carbons (Fsp3) is 0.167. The highest BCUT2D eigenvalue weighted by Crippen LogP contribution is 2.15. The molecule has 1 heterocycles. The van der Waals surface area contributed by atoms with E-state index in [1.807, 2.05) is 0 Å². The normalized spacial score (nSPS) is 11.9. The standard InChI is InChI=1S/C12H8F2N4O/c1-7(18-6-16-11(5-15)17-18)12(19)8-2-3-9(13)10(14)4-8/h2-4,6-7H,1H3. The topological polar surface area (TPSA) is 71.6 Å². The summed E-state index contributed by atoms with van der Waals surface area (Å²) in [6.45, 7) is 1.53. The van der Waals surface area contributed by atoms with Gasteiger partial charge in [-0.15, -0.1) is 5.10 Å². The van der Waals surface area contributed by atoms with Gasteiger partial charge in [0.1, 0.15) is 18.4 Å². The van der Waals surface area contributed by atoms with Crippen LogP contribution in [0.3, 0.4) is 0 Å². The molecule has 0 fully saturated rings. The zero-order valence-electron chi connectivity index (χ0n) is 9.84. The van der Waals surface area contributed by atoms with Gasteiger partial charge in [-0.05, 0) is 25.1 Å². The van der Waals surface area contributed by atoms with Crippen LogP contribution in [-0.2, 0) is 0 Å². The molecule has 1 aromatic carbocycles. The molecule has 0 aliphatic rings. The molecule has 1 atom stereocenters. The minimum atomic E-state index is -1.09. The average molecular weight is 262 g/mol. The summed E-state index contributed by atoms with van der Waals surface area (Å²) in [5, 5.41) is 12.4. The molecule has 0 bridgehead atoms. The third-order valence-electron chi connectivity index (χ3n) is 2.59. The van der Waals surface area contributed by atoms with Crippen molar-refractivity contribution in [3.8, 4) is 6.07 Å². The number of benzene rings is 1. The molecule has 5 nitrogen and oxygen atoms in total. The van der Waals surface area contributed by atoms with Crippen molar-refractivity contribution >= 4 is 5.78 Å². The lowest BCUT2D eigenvalue weighted by Gasteiger charge is -2.10. The van der Waals surface area contributed by atoms with E-state index in [9.17, 15) is 13.6 Å². The Labute approximate surface area is 107 Å². The number of hydrogen-bond acceptors (Lipinski definition) is 4. The van der Waals surface area contributed by atoms with Crippen molar-refractivity contribution in [3.05, 3.63) is 47.5 Å². The summed E-state index contributed by atoms with van der Waals surface area (Å²) in [5.41, 5.74) is 0.0282. The molecule has 1 unspecified atom stereocenters.